The van der Waals surface area contributed by atoms with Crippen molar-refractivity contribution in [1.82, 2.24) is 15.2 Å². The van der Waals surface area contributed by atoms with Gasteiger partial charge in [0.1, 0.15) is 0 Å². The lowest BCUT2D eigenvalue weighted by atomic mass is 10.2. The van der Waals surface area contributed by atoms with Gasteiger partial charge in [0.25, 0.3) is 0 Å². The summed E-state index contributed by atoms with van der Waals surface area (Å²) in [5.41, 5.74) is 2.17. The lowest BCUT2D eigenvalue weighted by molar-refractivity contribution is -0.114. The molecule has 0 aliphatic heterocycles. The molecule has 0 atom stereocenters. The molecule has 25 heavy (non-hydrogen) atoms. The van der Waals surface area contributed by atoms with Crippen LogP contribution in [0.15, 0.2) is 59.8 Å². The van der Waals surface area contributed by atoms with Gasteiger partial charge in [0.05, 0.1) is 5.75 Å². The Hall–Kier alpha value is -2.93. The number of carbonyl (C=O) groups is 2. The van der Waals surface area contributed by atoms with Crippen molar-refractivity contribution in [3.63, 3.8) is 0 Å². The summed E-state index contributed by atoms with van der Waals surface area (Å²) in [7, 11) is 0. The molecule has 0 saturated carbocycles. The number of nitrogens with zero attached hydrogens (tertiary/aromatic N) is 2. The number of H-pyrrole nitrogens is 1. The van der Waals surface area contributed by atoms with Crippen LogP contribution in [-0.4, -0.2) is 32.6 Å². The number of hydrogen-bond acceptors (Lipinski definition) is 5. The van der Waals surface area contributed by atoms with Crippen LogP contribution in [0, 0.1) is 0 Å². The molecule has 0 bridgehead atoms. The Bertz CT molecular complexity index is 893. The molecule has 0 unspecified atom stereocenters. The number of aromatic nitrogens is 3. The van der Waals surface area contributed by atoms with Gasteiger partial charge in [-0.1, -0.05) is 54.2 Å². The number of amides is 1. The smallest absolute Gasteiger partial charge is 0.221 e. The summed E-state index contributed by atoms with van der Waals surface area (Å²) in [5.74, 6) is 0.754. The van der Waals surface area contributed by atoms with Crippen LogP contribution < -0.4 is 5.32 Å². The van der Waals surface area contributed by atoms with E-state index in [1.54, 1.807) is 18.2 Å². The number of nitrogens with one attached hydrogen (secondary N) is 2. The molecule has 0 saturated heterocycles. The summed E-state index contributed by atoms with van der Waals surface area (Å²) < 4.78 is 0. The number of aromatic amines is 1. The monoisotopic (exact) mass is 352 g/mol. The third kappa shape index (κ3) is 4.54. The number of benzene rings is 2. The van der Waals surface area contributed by atoms with Crippen molar-refractivity contribution in [2.24, 2.45) is 0 Å². The summed E-state index contributed by atoms with van der Waals surface area (Å²) in [6.45, 7) is 1.46. The van der Waals surface area contributed by atoms with Crippen molar-refractivity contribution in [1.29, 1.82) is 0 Å². The molecule has 3 aromatic rings. The predicted molar refractivity (Wildman–Crippen MR) is 97.6 cm³/mol. The Morgan fingerprint density at radius 1 is 1.12 bits per heavy atom. The van der Waals surface area contributed by atoms with Crippen LogP contribution in [-0.2, 0) is 4.79 Å². The van der Waals surface area contributed by atoms with Gasteiger partial charge < -0.3 is 5.32 Å². The number of Topliss-reactive ketones (excluding diaryl/α,β-unsaturated/α-hetero) is 1. The van der Waals surface area contributed by atoms with Crippen molar-refractivity contribution in [3.8, 4) is 11.4 Å². The van der Waals surface area contributed by atoms with Crippen LogP contribution in [0.4, 0.5) is 5.69 Å². The minimum absolute atomic E-state index is 0.0320. The first kappa shape index (κ1) is 16.9. The van der Waals surface area contributed by atoms with Gasteiger partial charge in [-0.05, 0) is 12.1 Å². The zero-order valence-corrected chi connectivity index (χ0v) is 14.3. The minimum atomic E-state index is -0.134. The third-order valence-electron chi connectivity index (χ3n) is 3.35. The summed E-state index contributed by atoms with van der Waals surface area (Å²) >= 11 is 1.28. The van der Waals surface area contributed by atoms with E-state index in [1.165, 1.54) is 18.7 Å². The molecule has 0 fully saturated rings. The van der Waals surface area contributed by atoms with E-state index in [-0.39, 0.29) is 17.4 Å². The second-order valence-corrected chi connectivity index (χ2v) is 6.25. The largest absolute Gasteiger partial charge is 0.326 e. The summed E-state index contributed by atoms with van der Waals surface area (Å²) in [6, 6.07) is 16.4. The van der Waals surface area contributed by atoms with Crippen molar-refractivity contribution >= 4 is 29.1 Å². The maximum Gasteiger partial charge on any atom is 0.221 e. The Morgan fingerprint density at radius 3 is 2.68 bits per heavy atom. The first-order chi connectivity index (χ1) is 12.1. The van der Waals surface area contributed by atoms with E-state index in [9.17, 15) is 9.59 Å². The standard InChI is InChI=1S/C18H16N4O2S/c1-12(23)19-15-9-5-8-14(10-15)17-20-18(22-21-17)25-11-16(24)13-6-3-2-4-7-13/h2-10H,11H2,1H3,(H,19,23)(H,20,21,22). The second-order valence-electron chi connectivity index (χ2n) is 5.31. The van der Waals surface area contributed by atoms with Crippen LogP contribution in [0.5, 0.6) is 0 Å². The lowest BCUT2D eigenvalue weighted by Gasteiger charge is -2.03. The highest BCUT2D eigenvalue weighted by Crippen LogP contribution is 2.22. The molecule has 2 aromatic carbocycles. The van der Waals surface area contributed by atoms with Gasteiger partial charge in [0.2, 0.25) is 11.1 Å². The molecule has 2 N–H and O–H groups in total. The number of thioether (sulfide) groups is 1. The molecule has 7 heteroatoms. The molecular formula is C18H16N4O2S. The van der Waals surface area contributed by atoms with Gasteiger partial charge in [-0.25, -0.2) is 4.98 Å². The molecule has 0 spiro atoms. The SMILES string of the molecule is CC(=O)Nc1cccc(-c2nc(SCC(=O)c3ccccc3)n[nH]2)c1. The third-order valence-corrected chi connectivity index (χ3v) is 4.20. The van der Waals surface area contributed by atoms with Crippen LogP contribution in [0.25, 0.3) is 11.4 Å². The first-order valence-corrected chi connectivity index (χ1v) is 8.62. The molecule has 1 amide bonds. The van der Waals surface area contributed by atoms with E-state index in [0.717, 1.165) is 5.56 Å². The second kappa shape index (κ2) is 7.76. The number of carbonyl (C=O) groups excluding carboxylic acids is 2. The predicted octanol–water partition coefficient (Wildman–Crippen LogP) is 3.41. The van der Waals surface area contributed by atoms with Crippen molar-refractivity contribution in [2.75, 3.05) is 11.1 Å². The van der Waals surface area contributed by atoms with Crippen LogP contribution in [0.2, 0.25) is 0 Å². The minimum Gasteiger partial charge on any atom is -0.326 e. The quantitative estimate of drug-likeness (QED) is 0.524. The molecule has 126 valence electrons. The molecule has 6 nitrogen and oxygen atoms in total. The van der Waals surface area contributed by atoms with Gasteiger partial charge in [0.15, 0.2) is 11.6 Å². The fraction of sp³-hybridized carbons (Fsp3) is 0.111. The summed E-state index contributed by atoms with van der Waals surface area (Å²) in [6.07, 6.45) is 0. The highest BCUT2D eigenvalue weighted by atomic mass is 32.2. The maximum atomic E-state index is 12.1. The Morgan fingerprint density at radius 2 is 1.92 bits per heavy atom. The Kier molecular flexibility index (Phi) is 5.25. The van der Waals surface area contributed by atoms with E-state index in [2.05, 4.69) is 20.5 Å². The maximum absolute atomic E-state index is 12.1. The van der Waals surface area contributed by atoms with Crippen LogP contribution in [0.1, 0.15) is 17.3 Å². The topological polar surface area (TPSA) is 87.7 Å². The van der Waals surface area contributed by atoms with Crippen molar-refractivity contribution in [3.05, 3.63) is 60.2 Å². The van der Waals surface area contributed by atoms with E-state index >= 15 is 0 Å². The first-order valence-electron chi connectivity index (χ1n) is 7.63. The van der Waals surface area contributed by atoms with Crippen molar-refractivity contribution in [2.45, 2.75) is 12.1 Å². The lowest BCUT2D eigenvalue weighted by Crippen LogP contribution is -2.05. The zero-order chi connectivity index (χ0) is 17.6. The molecule has 1 heterocycles. The molecule has 0 radical (unpaired) electrons. The normalized spacial score (nSPS) is 10.4. The van der Waals surface area contributed by atoms with Gasteiger partial charge >= 0.3 is 0 Å². The zero-order valence-electron chi connectivity index (χ0n) is 13.5. The average Bonchev–Trinajstić information content (AvgIpc) is 3.09. The van der Waals surface area contributed by atoms with E-state index in [4.69, 9.17) is 0 Å². The van der Waals surface area contributed by atoms with Gasteiger partial charge in [-0.3, -0.25) is 14.7 Å². The highest BCUT2D eigenvalue weighted by molar-refractivity contribution is 7.99. The van der Waals surface area contributed by atoms with E-state index in [0.29, 0.717) is 22.2 Å². The van der Waals surface area contributed by atoms with Crippen LogP contribution >= 0.6 is 11.8 Å². The van der Waals surface area contributed by atoms with Crippen LogP contribution in [0.3, 0.4) is 0 Å². The molecule has 1 aromatic heterocycles. The number of hydrogen-bond donors (Lipinski definition) is 2. The number of anilines is 1. The summed E-state index contributed by atoms with van der Waals surface area (Å²) in [4.78, 5) is 27.7. The molecule has 0 aliphatic rings. The van der Waals surface area contributed by atoms with E-state index < -0.39 is 0 Å². The van der Waals surface area contributed by atoms with Crippen molar-refractivity contribution < 1.29 is 9.59 Å². The van der Waals surface area contributed by atoms with Gasteiger partial charge in [-0.15, -0.1) is 5.10 Å². The Labute approximate surface area is 149 Å². The fourth-order valence-corrected chi connectivity index (χ4v) is 2.92. The average molecular weight is 352 g/mol. The van der Waals surface area contributed by atoms with E-state index in [1.807, 2.05) is 36.4 Å². The highest BCUT2D eigenvalue weighted by Gasteiger charge is 2.11. The summed E-state index contributed by atoms with van der Waals surface area (Å²) in [5, 5.41) is 10.2. The molecule has 0 aliphatic carbocycles. The molecule has 3 rings (SSSR count). The Balaban J connectivity index is 1.66. The molecular weight excluding hydrogens is 336 g/mol. The van der Waals surface area contributed by atoms with Gasteiger partial charge in [-0.2, -0.15) is 0 Å². The fourth-order valence-electron chi connectivity index (χ4n) is 2.23. The number of ketones is 1. The number of rotatable bonds is 6. The van der Waals surface area contributed by atoms with Gasteiger partial charge in [0, 0.05) is 23.7 Å².